The summed E-state index contributed by atoms with van der Waals surface area (Å²) in [6.07, 6.45) is 17.0. The number of benzene rings is 2. The zero-order valence-electron chi connectivity index (χ0n) is 51.9. The molecule has 16 nitrogen and oxygen atoms in total. The molecule has 4 bridgehead atoms. The van der Waals surface area contributed by atoms with E-state index in [0.717, 1.165) is 56.9 Å². The van der Waals surface area contributed by atoms with Gasteiger partial charge in [0.05, 0.1) is 52.9 Å². The van der Waals surface area contributed by atoms with Crippen molar-refractivity contribution < 1.29 is 53.0 Å². The van der Waals surface area contributed by atoms with Crippen LogP contribution in [0.15, 0.2) is 36.4 Å². The molecule has 85 heavy (non-hydrogen) atoms. The summed E-state index contributed by atoms with van der Waals surface area (Å²) >= 11 is 0. The number of carboxylic acids is 1. The predicted molar refractivity (Wildman–Crippen MR) is 319 cm³/mol. The van der Waals surface area contributed by atoms with E-state index in [4.69, 9.17) is 10.5 Å². The molecule has 8 amide bonds. The molecule has 4 aliphatic heterocycles. The highest BCUT2D eigenvalue weighted by molar-refractivity contribution is 6.26. The molecular formula is C69H91N5O11. The lowest BCUT2D eigenvalue weighted by Gasteiger charge is -2.66. The Labute approximate surface area is 501 Å². The van der Waals surface area contributed by atoms with E-state index in [2.05, 4.69) is 34.6 Å². The molecule has 4 saturated heterocycles. The molecule has 17 atom stereocenters. The molecule has 0 radical (unpaired) electrons. The van der Waals surface area contributed by atoms with Crippen LogP contribution in [0.1, 0.15) is 201 Å². The van der Waals surface area contributed by atoms with Crippen molar-refractivity contribution in [3.8, 4) is 5.75 Å². The molecule has 0 spiro atoms. The van der Waals surface area contributed by atoms with Gasteiger partial charge in [-0.05, 0) is 199 Å². The van der Waals surface area contributed by atoms with Crippen LogP contribution >= 0.6 is 0 Å². The van der Waals surface area contributed by atoms with Gasteiger partial charge in [-0.25, -0.2) is 14.6 Å². The lowest BCUT2D eigenvalue weighted by Crippen LogP contribution is -2.58. The van der Waals surface area contributed by atoms with E-state index in [1.165, 1.54) is 87.7 Å². The summed E-state index contributed by atoms with van der Waals surface area (Å²) in [5.41, 5.74) is 6.50. The number of hydrogen-bond acceptors (Lipinski definition) is 11. The maximum Gasteiger partial charge on any atom is 0.337 e. The number of hydrogen-bond donors (Lipinski definition) is 2. The summed E-state index contributed by atoms with van der Waals surface area (Å²) < 4.78 is 6.90. The number of piperidine rings is 4. The number of carboxylic acid groups (broad SMARTS) is 1. The van der Waals surface area contributed by atoms with E-state index in [1.54, 1.807) is 32.9 Å². The lowest BCUT2D eigenvalue weighted by molar-refractivity contribution is -0.170. The van der Waals surface area contributed by atoms with Gasteiger partial charge in [0.1, 0.15) is 5.75 Å². The number of fused-ring (bicyclic) bond motifs is 15. The van der Waals surface area contributed by atoms with Gasteiger partial charge in [-0.2, -0.15) is 0 Å². The van der Waals surface area contributed by atoms with Crippen molar-refractivity contribution in [1.82, 2.24) is 4.90 Å². The van der Waals surface area contributed by atoms with Crippen LogP contribution in [0, 0.1) is 99.1 Å². The van der Waals surface area contributed by atoms with Crippen LogP contribution in [-0.2, 0) is 43.9 Å². The summed E-state index contributed by atoms with van der Waals surface area (Å²) in [6, 6.07) is 8.87. The van der Waals surface area contributed by atoms with Crippen LogP contribution in [0.5, 0.6) is 5.75 Å². The third-order valence-corrected chi connectivity index (χ3v) is 24.9. The molecule has 2 aromatic rings. The Morgan fingerprint density at radius 3 is 1.86 bits per heavy atom. The molecule has 3 N–H and O–H groups in total. The highest BCUT2D eigenvalue weighted by Crippen LogP contribution is 2.73. The van der Waals surface area contributed by atoms with Crippen LogP contribution in [0.4, 0.5) is 17.1 Å². The Morgan fingerprint density at radius 2 is 1.24 bits per heavy atom. The van der Waals surface area contributed by atoms with Crippen LogP contribution < -0.4 is 25.2 Å². The monoisotopic (exact) mass is 1170 g/mol. The van der Waals surface area contributed by atoms with E-state index in [-0.39, 0.29) is 42.5 Å². The smallest absolute Gasteiger partial charge is 0.337 e. The van der Waals surface area contributed by atoms with Crippen molar-refractivity contribution in [3.05, 3.63) is 47.5 Å². The molecule has 10 aliphatic rings. The van der Waals surface area contributed by atoms with Crippen molar-refractivity contribution in [1.29, 1.82) is 0 Å². The highest BCUT2D eigenvalue weighted by Gasteiger charge is 2.67. The predicted octanol–water partition coefficient (Wildman–Crippen LogP) is 11.2. The molecule has 10 fully saturated rings. The molecule has 14 unspecified atom stereocenters. The quantitative estimate of drug-likeness (QED) is 0.133. The van der Waals surface area contributed by atoms with Gasteiger partial charge in [-0.15, -0.1) is 0 Å². The number of likely N-dealkylation sites (tertiary alicyclic amines) is 1. The summed E-state index contributed by atoms with van der Waals surface area (Å²) in [5, 5.41) is 10.7. The topological polar surface area (TPSA) is 222 Å². The van der Waals surface area contributed by atoms with Crippen LogP contribution in [0.25, 0.3) is 0 Å². The second-order valence-corrected chi connectivity index (χ2v) is 30.8. The normalized spacial score (nSPS) is 37.7. The minimum atomic E-state index is -1.55. The van der Waals surface area contributed by atoms with Crippen molar-refractivity contribution in [2.45, 2.75) is 196 Å². The number of anilines is 3. The first-order valence-corrected chi connectivity index (χ1v) is 32.5. The third kappa shape index (κ3) is 9.20. The summed E-state index contributed by atoms with van der Waals surface area (Å²) in [6.45, 7) is 22.3. The number of imide groups is 4. The highest BCUT2D eigenvalue weighted by atomic mass is 16.5. The molecule has 12 rings (SSSR count). The Balaban J connectivity index is 0.749. The van der Waals surface area contributed by atoms with Gasteiger partial charge in [-0.1, -0.05) is 66.9 Å². The maximum absolute atomic E-state index is 14.9. The van der Waals surface area contributed by atoms with E-state index in [1.807, 2.05) is 19.9 Å². The zero-order valence-corrected chi connectivity index (χ0v) is 51.9. The lowest BCUT2D eigenvalue weighted by atomic mass is 9.39. The van der Waals surface area contributed by atoms with Crippen LogP contribution in [0.3, 0.4) is 0 Å². The van der Waals surface area contributed by atoms with Crippen LogP contribution in [0.2, 0.25) is 0 Å². The minimum Gasteiger partial charge on any atom is -0.493 e. The molecule has 458 valence electrons. The van der Waals surface area contributed by atoms with E-state index < -0.39 is 117 Å². The number of aromatic carboxylic acids is 1. The second kappa shape index (κ2) is 21.0. The molecule has 16 heteroatoms. The maximum atomic E-state index is 14.9. The number of ether oxygens (including phenoxy) is 1. The fraction of sp³-hybridized carbons (Fsp3) is 0.696. The average molecular weight is 1170 g/mol. The Kier molecular flexibility index (Phi) is 14.7. The fourth-order valence-electron chi connectivity index (χ4n) is 20.5. The van der Waals surface area contributed by atoms with Crippen molar-refractivity contribution in [2.24, 2.45) is 105 Å². The first kappa shape index (κ1) is 59.6. The van der Waals surface area contributed by atoms with Gasteiger partial charge in [0.2, 0.25) is 47.3 Å². The van der Waals surface area contributed by atoms with E-state index >= 15 is 0 Å². The Bertz CT molecular complexity index is 3180. The molecular weight excluding hydrogens is 1070 g/mol. The Hall–Kier alpha value is -5.77. The second-order valence-electron chi connectivity index (χ2n) is 30.8. The van der Waals surface area contributed by atoms with Crippen molar-refractivity contribution >= 4 is 70.3 Å². The molecule has 0 aromatic heterocycles. The zero-order chi connectivity index (χ0) is 60.9. The average Bonchev–Trinajstić information content (AvgIpc) is 1.78. The summed E-state index contributed by atoms with van der Waals surface area (Å²) in [5.74, 6) is -9.14. The summed E-state index contributed by atoms with van der Waals surface area (Å²) in [4.78, 5) is 132. The standard InChI is InChI=1S/C69H91N5O11/c1-11-69(10,70)49-19-17-41(30-51(49)85-35-37-22-25-67(8)39(28-37)23-26-68(9)52-21-16-38(15-13-12-14-36(2)3)66(52,7)27-24-53(67)68)72-59(78)44-31-47(60(72)79)56-42(44)33-54(75)73(62(56)81)50-20-18-40(29-46(50)64(83)84)71-58(77)45-32-48(61(71)80)57-43(45)34-55(76)74(63(57)82)65(4,5)6/h17-20,29-30,36-39,42-45,47-48,52-53,56-57H,11-16,21-28,31-35,70H2,1-10H3,(H,83,84)/t37?,38?,39?,42?,43?,44?,45?,47?,48?,52?,53?,56?,57?,66-,67+,68+,69?/m1/s1. The number of nitrogens with zero attached hydrogens (tertiary/aromatic N) is 4. The SMILES string of the molecule is CCC(C)(N)c1ccc(N2C(=O)C3CC(C2=O)C2C(=O)N(c4ccc(N5C(=O)C6CC(C5=O)C5C(=O)N(C(C)(C)C)C(=O)CC65)cc4C(=O)O)C(=O)CC32)cc1OCC1CC[C@@]2(C)C(CC[C@]3(C)C2CC[C@]2(C)C(CCCCC(C)C)CCC32)C1. The van der Waals surface area contributed by atoms with E-state index in [0.29, 0.717) is 53.0 Å². The first-order valence-electron chi connectivity index (χ1n) is 32.5. The van der Waals surface area contributed by atoms with Gasteiger partial charge in [-0.3, -0.25) is 48.2 Å². The van der Waals surface area contributed by atoms with E-state index in [9.17, 15) is 48.3 Å². The number of unbranched alkanes of at least 4 members (excludes halogenated alkanes) is 1. The molecule has 6 aliphatic carbocycles. The van der Waals surface area contributed by atoms with Crippen molar-refractivity contribution in [2.75, 3.05) is 21.3 Å². The number of nitrogens with two attached hydrogens (primary N) is 1. The minimum absolute atomic E-state index is 0.0468. The van der Waals surface area contributed by atoms with Gasteiger partial charge in [0, 0.05) is 47.4 Å². The van der Waals surface area contributed by atoms with Crippen LogP contribution in [-0.4, -0.2) is 75.4 Å². The van der Waals surface area contributed by atoms with Crippen molar-refractivity contribution in [3.63, 3.8) is 0 Å². The molecule has 4 heterocycles. The Morgan fingerprint density at radius 1 is 0.659 bits per heavy atom. The molecule has 6 saturated carbocycles. The van der Waals surface area contributed by atoms with Gasteiger partial charge in [0.15, 0.2) is 0 Å². The molecule has 2 aromatic carbocycles. The summed E-state index contributed by atoms with van der Waals surface area (Å²) in [7, 11) is 0. The van der Waals surface area contributed by atoms with Gasteiger partial charge in [0.25, 0.3) is 0 Å². The fourth-order valence-corrected chi connectivity index (χ4v) is 20.5. The first-order chi connectivity index (χ1) is 40.0. The van der Waals surface area contributed by atoms with Gasteiger partial charge >= 0.3 is 5.97 Å². The van der Waals surface area contributed by atoms with Gasteiger partial charge < -0.3 is 15.6 Å². The number of carbonyl (C=O) groups excluding carboxylic acids is 8. The number of carbonyl (C=O) groups is 9. The third-order valence-electron chi connectivity index (χ3n) is 24.9. The number of rotatable bonds is 14. The largest absolute Gasteiger partial charge is 0.493 e. The number of amides is 8.